The van der Waals surface area contributed by atoms with Crippen LogP contribution in [0, 0.1) is 5.92 Å². The molecule has 0 heterocycles. The number of nitrogens with one attached hydrogen (secondary N) is 3. The second-order valence-electron chi connectivity index (χ2n) is 4.55. The van der Waals surface area contributed by atoms with Crippen molar-refractivity contribution in [1.29, 1.82) is 0 Å². The molecule has 0 aromatic rings. The van der Waals surface area contributed by atoms with Crippen molar-refractivity contribution in [2.75, 3.05) is 6.54 Å². The van der Waals surface area contributed by atoms with E-state index in [0.29, 0.717) is 6.54 Å². The van der Waals surface area contributed by atoms with Gasteiger partial charge in [-0.2, -0.15) is 0 Å². The molecule has 0 saturated carbocycles. The summed E-state index contributed by atoms with van der Waals surface area (Å²) in [7, 11) is 0. The normalized spacial score (nSPS) is 13.7. The molecule has 6 heteroatoms. The molecule has 0 aromatic carbocycles. The second kappa shape index (κ2) is 7.68. The average Bonchev–Trinajstić information content (AvgIpc) is 2.25. The largest absolute Gasteiger partial charge is 0.355 e. The summed E-state index contributed by atoms with van der Waals surface area (Å²) in [5, 5.41) is 7.78. The van der Waals surface area contributed by atoms with Crippen molar-refractivity contribution in [2.45, 2.75) is 46.7 Å². The Morgan fingerprint density at radius 1 is 1.00 bits per heavy atom. The van der Waals surface area contributed by atoms with E-state index in [1.807, 2.05) is 13.8 Å². The van der Waals surface area contributed by atoms with Gasteiger partial charge in [0.15, 0.2) is 0 Å². The second-order valence-corrected chi connectivity index (χ2v) is 4.55. The third-order valence-electron chi connectivity index (χ3n) is 2.41. The first-order chi connectivity index (χ1) is 8.29. The van der Waals surface area contributed by atoms with Crippen molar-refractivity contribution in [3.05, 3.63) is 0 Å². The van der Waals surface area contributed by atoms with Crippen molar-refractivity contribution in [1.82, 2.24) is 16.0 Å². The number of carbonyl (C=O) groups is 3. The van der Waals surface area contributed by atoms with Crippen molar-refractivity contribution < 1.29 is 14.4 Å². The van der Waals surface area contributed by atoms with Gasteiger partial charge in [-0.3, -0.25) is 14.4 Å². The molecule has 0 bridgehead atoms. The van der Waals surface area contributed by atoms with Crippen LogP contribution in [0.1, 0.15) is 34.6 Å². The monoisotopic (exact) mass is 257 g/mol. The molecule has 2 unspecified atom stereocenters. The highest BCUT2D eigenvalue weighted by Crippen LogP contribution is 2.02. The fourth-order valence-electron chi connectivity index (χ4n) is 1.45. The molecule has 0 aliphatic heterocycles. The number of amides is 3. The van der Waals surface area contributed by atoms with Crippen molar-refractivity contribution >= 4 is 17.7 Å². The highest BCUT2D eigenvalue weighted by molar-refractivity contribution is 5.91. The van der Waals surface area contributed by atoms with Gasteiger partial charge < -0.3 is 16.0 Å². The molecule has 0 spiro atoms. The Kier molecular flexibility index (Phi) is 7.00. The number of carbonyl (C=O) groups excluding carboxylic acids is 3. The molecule has 104 valence electrons. The molecule has 3 amide bonds. The van der Waals surface area contributed by atoms with E-state index in [4.69, 9.17) is 0 Å². The molecule has 6 nitrogen and oxygen atoms in total. The smallest absolute Gasteiger partial charge is 0.243 e. The van der Waals surface area contributed by atoms with E-state index in [-0.39, 0.29) is 23.6 Å². The van der Waals surface area contributed by atoms with Gasteiger partial charge in [0, 0.05) is 13.5 Å². The minimum Gasteiger partial charge on any atom is -0.355 e. The summed E-state index contributed by atoms with van der Waals surface area (Å²) in [6.07, 6.45) is 0. The minimum absolute atomic E-state index is 0.0460. The van der Waals surface area contributed by atoms with Gasteiger partial charge >= 0.3 is 0 Å². The van der Waals surface area contributed by atoms with Crippen LogP contribution in [-0.4, -0.2) is 36.3 Å². The van der Waals surface area contributed by atoms with Gasteiger partial charge in [-0.1, -0.05) is 13.8 Å². The predicted octanol–water partition coefficient (Wildman–Crippen LogP) is -0.212. The van der Waals surface area contributed by atoms with E-state index >= 15 is 0 Å². The number of rotatable bonds is 6. The maximum atomic E-state index is 11.9. The summed E-state index contributed by atoms with van der Waals surface area (Å²) in [5.41, 5.74) is 0. The molecule has 0 fully saturated rings. The van der Waals surface area contributed by atoms with Gasteiger partial charge in [0.05, 0.1) is 0 Å². The van der Waals surface area contributed by atoms with Crippen LogP contribution >= 0.6 is 0 Å². The van der Waals surface area contributed by atoms with E-state index in [0.717, 1.165) is 0 Å². The zero-order valence-corrected chi connectivity index (χ0v) is 11.7. The van der Waals surface area contributed by atoms with E-state index in [1.54, 1.807) is 13.8 Å². The zero-order chi connectivity index (χ0) is 14.3. The summed E-state index contributed by atoms with van der Waals surface area (Å²) in [4.78, 5) is 34.4. The highest BCUT2D eigenvalue weighted by Gasteiger charge is 2.25. The Morgan fingerprint density at radius 3 is 1.94 bits per heavy atom. The average molecular weight is 257 g/mol. The van der Waals surface area contributed by atoms with Gasteiger partial charge in [-0.15, -0.1) is 0 Å². The summed E-state index contributed by atoms with van der Waals surface area (Å²) in [6.45, 7) is 8.94. The van der Waals surface area contributed by atoms with Crippen molar-refractivity contribution in [3.63, 3.8) is 0 Å². The Labute approximate surface area is 108 Å². The summed E-state index contributed by atoms with van der Waals surface area (Å²) >= 11 is 0. The molecular formula is C12H23N3O3. The fourth-order valence-corrected chi connectivity index (χ4v) is 1.45. The zero-order valence-electron chi connectivity index (χ0n) is 11.7. The molecule has 0 radical (unpaired) electrons. The molecule has 0 saturated heterocycles. The quantitative estimate of drug-likeness (QED) is 0.615. The SMILES string of the molecule is CCNC(=O)C(C)NC(=O)C(NC(C)=O)C(C)C. The first kappa shape index (κ1) is 16.4. The van der Waals surface area contributed by atoms with Gasteiger partial charge in [0.2, 0.25) is 17.7 Å². The van der Waals surface area contributed by atoms with Crippen LogP contribution in [0.3, 0.4) is 0 Å². The summed E-state index contributed by atoms with van der Waals surface area (Å²) in [6, 6.07) is -1.24. The van der Waals surface area contributed by atoms with Crippen LogP contribution in [0.25, 0.3) is 0 Å². The Morgan fingerprint density at radius 2 is 1.56 bits per heavy atom. The standard InChI is InChI=1S/C12H23N3O3/c1-6-13-11(17)8(4)14-12(18)10(7(2)3)15-9(5)16/h7-8,10H,6H2,1-5H3,(H,13,17)(H,14,18)(H,15,16). The van der Waals surface area contributed by atoms with Crippen molar-refractivity contribution in [2.24, 2.45) is 5.92 Å². The molecular weight excluding hydrogens is 234 g/mol. The van der Waals surface area contributed by atoms with E-state index in [2.05, 4.69) is 16.0 Å². The van der Waals surface area contributed by atoms with Gasteiger partial charge in [-0.05, 0) is 19.8 Å². The lowest BCUT2D eigenvalue weighted by Gasteiger charge is -2.23. The number of likely N-dealkylation sites (N-methyl/N-ethyl adjacent to an activating group) is 1. The molecule has 3 N–H and O–H groups in total. The lowest BCUT2D eigenvalue weighted by atomic mass is 10.0. The molecule has 0 rings (SSSR count). The Bertz CT molecular complexity index is 316. The number of hydrogen-bond donors (Lipinski definition) is 3. The van der Waals surface area contributed by atoms with Crippen LogP contribution in [-0.2, 0) is 14.4 Å². The first-order valence-corrected chi connectivity index (χ1v) is 6.14. The number of hydrogen-bond acceptors (Lipinski definition) is 3. The molecule has 0 aliphatic rings. The van der Waals surface area contributed by atoms with Gasteiger partial charge in [0.25, 0.3) is 0 Å². The Hall–Kier alpha value is -1.59. The van der Waals surface area contributed by atoms with E-state index in [9.17, 15) is 14.4 Å². The van der Waals surface area contributed by atoms with Crippen molar-refractivity contribution in [3.8, 4) is 0 Å². The fraction of sp³-hybridized carbons (Fsp3) is 0.750. The highest BCUT2D eigenvalue weighted by atomic mass is 16.2. The molecule has 18 heavy (non-hydrogen) atoms. The van der Waals surface area contributed by atoms with Crippen LogP contribution < -0.4 is 16.0 Å². The molecule has 0 aromatic heterocycles. The minimum atomic E-state index is -0.626. The van der Waals surface area contributed by atoms with Gasteiger partial charge in [-0.25, -0.2) is 0 Å². The lowest BCUT2D eigenvalue weighted by molar-refractivity contribution is -0.132. The lowest BCUT2D eigenvalue weighted by Crippen LogP contribution is -2.54. The first-order valence-electron chi connectivity index (χ1n) is 6.14. The summed E-state index contributed by atoms with van der Waals surface area (Å²) < 4.78 is 0. The topological polar surface area (TPSA) is 87.3 Å². The summed E-state index contributed by atoms with van der Waals surface area (Å²) in [5.74, 6) is -0.903. The van der Waals surface area contributed by atoms with Crippen LogP contribution in [0.15, 0.2) is 0 Å². The third-order valence-corrected chi connectivity index (χ3v) is 2.41. The van der Waals surface area contributed by atoms with Crippen LogP contribution in [0.2, 0.25) is 0 Å². The maximum absolute atomic E-state index is 11.9. The van der Waals surface area contributed by atoms with Crippen LogP contribution in [0.5, 0.6) is 0 Å². The third kappa shape index (κ3) is 5.65. The van der Waals surface area contributed by atoms with Gasteiger partial charge in [0.1, 0.15) is 12.1 Å². The van der Waals surface area contributed by atoms with Crippen LogP contribution in [0.4, 0.5) is 0 Å². The van der Waals surface area contributed by atoms with E-state index < -0.39 is 12.1 Å². The Balaban J connectivity index is 4.51. The predicted molar refractivity (Wildman–Crippen MR) is 68.7 cm³/mol. The maximum Gasteiger partial charge on any atom is 0.243 e. The molecule has 0 aliphatic carbocycles. The molecule has 2 atom stereocenters. The van der Waals surface area contributed by atoms with E-state index in [1.165, 1.54) is 6.92 Å².